The molecule has 2 N–H and O–H groups in total. The summed E-state index contributed by atoms with van der Waals surface area (Å²) in [6, 6.07) is 3.22. The van der Waals surface area contributed by atoms with Gasteiger partial charge in [-0.25, -0.2) is 14.4 Å². The van der Waals surface area contributed by atoms with Crippen molar-refractivity contribution in [2.75, 3.05) is 43.5 Å². The highest BCUT2D eigenvalue weighted by Gasteiger charge is 2.34. The first-order valence-electron chi connectivity index (χ1n) is 13.7. The number of carbonyl (C=O) groups is 1. The predicted octanol–water partition coefficient (Wildman–Crippen LogP) is 4.10. The minimum Gasteiger partial charge on any atom is -0.494 e. The Morgan fingerprint density at radius 2 is 2.03 bits per heavy atom. The number of hydrogen-bond acceptors (Lipinski definition) is 8. The number of hydrogen-bond donors (Lipinski definition) is 2. The van der Waals surface area contributed by atoms with Crippen molar-refractivity contribution in [1.82, 2.24) is 20.2 Å². The minimum absolute atomic E-state index is 0.0314. The highest BCUT2D eigenvalue weighted by atomic mass is 19.1. The van der Waals surface area contributed by atoms with Gasteiger partial charge >= 0.3 is 0 Å². The van der Waals surface area contributed by atoms with Crippen LogP contribution in [0.1, 0.15) is 52.9 Å². The topological polar surface area (TPSA) is 95.0 Å². The second-order valence-electron chi connectivity index (χ2n) is 10.6. The van der Waals surface area contributed by atoms with Crippen LogP contribution in [-0.4, -0.2) is 72.0 Å². The molecule has 0 bridgehead atoms. The number of carbonyl (C=O) groups excluding carboxylic acids is 1. The number of halogens is 1. The van der Waals surface area contributed by atoms with Crippen molar-refractivity contribution < 1.29 is 13.9 Å². The van der Waals surface area contributed by atoms with E-state index < -0.39 is 5.82 Å². The molecule has 4 heterocycles. The third-order valence-corrected chi connectivity index (χ3v) is 7.78. The summed E-state index contributed by atoms with van der Waals surface area (Å²) in [7, 11) is 1.45. The van der Waals surface area contributed by atoms with E-state index in [2.05, 4.69) is 46.2 Å². The Morgan fingerprint density at radius 1 is 1.26 bits per heavy atom. The Hall–Kier alpha value is -3.27. The molecular weight excluding hydrogens is 485 g/mol. The summed E-state index contributed by atoms with van der Waals surface area (Å²) >= 11 is 0. The lowest BCUT2D eigenvalue weighted by atomic mass is 9.99. The molecular formula is C28H38FN7O2. The number of amidine groups is 1. The average Bonchev–Trinajstić information content (AvgIpc) is 2.87. The van der Waals surface area contributed by atoms with E-state index in [0.29, 0.717) is 22.7 Å². The molecule has 2 aromatic rings. The minimum atomic E-state index is -0.462. The molecule has 2 atom stereocenters. The number of piperidine rings is 1. The van der Waals surface area contributed by atoms with Gasteiger partial charge in [0, 0.05) is 49.2 Å². The van der Waals surface area contributed by atoms with Crippen molar-refractivity contribution in [3.63, 3.8) is 0 Å². The first-order valence-corrected chi connectivity index (χ1v) is 13.7. The van der Waals surface area contributed by atoms with Crippen LogP contribution in [0.15, 0.2) is 28.9 Å². The maximum absolute atomic E-state index is 14.7. The fourth-order valence-corrected chi connectivity index (χ4v) is 5.52. The van der Waals surface area contributed by atoms with E-state index in [9.17, 15) is 9.18 Å². The Bertz CT molecular complexity index is 1250. The van der Waals surface area contributed by atoms with Crippen molar-refractivity contribution in [2.24, 2.45) is 10.9 Å². The molecule has 2 fully saturated rings. The molecule has 10 heteroatoms. The van der Waals surface area contributed by atoms with Crippen LogP contribution >= 0.6 is 0 Å². The summed E-state index contributed by atoms with van der Waals surface area (Å²) < 4.78 is 19.9. The molecule has 2 unspecified atom stereocenters. The SMILES string of the molecule is CCCN(C(=O)C1CCN1)C1CCN(c2nc(NC3=NC=C(C)CC3C)c3cc(F)c(OC)cc3n2)CC1. The van der Waals surface area contributed by atoms with E-state index in [0.717, 1.165) is 64.1 Å². The molecule has 0 spiro atoms. The molecule has 1 amide bonds. The molecule has 1 aromatic heterocycles. The number of fused-ring (bicyclic) bond motifs is 1. The maximum atomic E-state index is 14.7. The van der Waals surface area contributed by atoms with E-state index >= 15 is 0 Å². The number of methoxy groups -OCH3 is 1. The first kappa shape index (κ1) is 26.3. The van der Waals surface area contributed by atoms with E-state index in [-0.39, 0.29) is 29.7 Å². The zero-order valence-electron chi connectivity index (χ0n) is 22.8. The molecule has 38 heavy (non-hydrogen) atoms. The lowest BCUT2D eigenvalue weighted by molar-refractivity contribution is -0.138. The van der Waals surface area contributed by atoms with Crippen LogP contribution < -0.4 is 20.3 Å². The normalized spacial score (nSPS) is 22.0. The number of nitrogens with zero attached hydrogens (tertiary/aromatic N) is 5. The van der Waals surface area contributed by atoms with Crippen molar-refractivity contribution in [3.05, 3.63) is 29.7 Å². The number of amides is 1. The first-order chi connectivity index (χ1) is 18.4. The van der Waals surface area contributed by atoms with Gasteiger partial charge in [-0.2, -0.15) is 4.98 Å². The van der Waals surface area contributed by atoms with Gasteiger partial charge in [0.15, 0.2) is 11.6 Å². The zero-order valence-corrected chi connectivity index (χ0v) is 22.8. The van der Waals surface area contributed by atoms with Crippen molar-refractivity contribution in [3.8, 4) is 5.75 Å². The molecule has 0 radical (unpaired) electrons. The summed E-state index contributed by atoms with van der Waals surface area (Å²) in [5.41, 5.74) is 1.83. The van der Waals surface area contributed by atoms with Gasteiger partial charge in [-0.15, -0.1) is 0 Å². The maximum Gasteiger partial charge on any atom is 0.240 e. The highest BCUT2D eigenvalue weighted by Crippen LogP contribution is 2.32. The standard InChI is InChI=1S/C28H38FN7O2/c1-5-10-36(27(37)22-6-9-30-22)19-7-11-35(12-8-19)28-32-23-15-24(38-4)21(29)14-20(23)26(34-28)33-25-18(3)13-17(2)16-31-25/h14-16,18-19,22,30H,5-13H2,1-4H3,(H,31,32,33,34). The van der Waals surface area contributed by atoms with Crippen LogP contribution in [0.3, 0.4) is 0 Å². The molecule has 0 saturated carbocycles. The number of rotatable bonds is 7. The average molecular weight is 524 g/mol. The lowest BCUT2D eigenvalue weighted by Gasteiger charge is -2.41. The summed E-state index contributed by atoms with van der Waals surface area (Å²) in [5, 5.41) is 7.22. The fourth-order valence-electron chi connectivity index (χ4n) is 5.52. The largest absolute Gasteiger partial charge is 0.494 e. The van der Waals surface area contributed by atoms with Gasteiger partial charge in [0.05, 0.1) is 18.7 Å². The fraction of sp³-hybridized carbons (Fsp3) is 0.571. The molecule has 9 nitrogen and oxygen atoms in total. The van der Waals surface area contributed by atoms with Gasteiger partial charge in [-0.05, 0) is 51.6 Å². The molecule has 0 aliphatic carbocycles. The predicted molar refractivity (Wildman–Crippen MR) is 148 cm³/mol. The van der Waals surface area contributed by atoms with Crippen LogP contribution in [0.2, 0.25) is 0 Å². The third-order valence-electron chi connectivity index (χ3n) is 7.78. The molecule has 3 aliphatic rings. The molecule has 1 aromatic carbocycles. The van der Waals surface area contributed by atoms with Gasteiger partial charge < -0.3 is 25.2 Å². The van der Waals surface area contributed by atoms with Crippen LogP contribution in [-0.2, 0) is 4.79 Å². The quantitative estimate of drug-likeness (QED) is 0.564. The number of anilines is 2. The van der Waals surface area contributed by atoms with Gasteiger partial charge in [-0.1, -0.05) is 19.4 Å². The molecule has 5 rings (SSSR count). The summed E-state index contributed by atoms with van der Waals surface area (Å²) in [4.78, 5) is 31.5. The van der Waals surface area contributed by atoms with E-state index in [1.165, 1.54) is 18.7 Å². The van der Waals surface area contributed by atoms with E-state index in [1.807, 2.05) is 6.20 Å². The van der Waals surface area contributed by atoms with Gasteiger partial charge in [0.2, 0.25) is 11.9 Å². The van der Waals surface area contributed by atoms with E-state index in [4.69, 9.17) is 14.7 Å². The Labute approximate surface area is 223 Å². The third kappa shape index (κ3) is 5.32. The highest BCUT2D eigenvalue weighted by molar-refractivity contribution is 6.04. The van der Waals surface area contributed by atoms with Gasteiger partial charge in [0.25, 0.3) is 0 Å². The lowest BCUT2D eigenvalue weighted by Crippen LogP contribution is -2.58. The second kappa shape index (κ2) is 11.2. The van der Waals surface area contributed by atoms with Crippen LogP contribution in [0.5, 0.6) is 5.75 Å². The number of aromatic nitrogens is 2. The Morgan fingerprint density at radius 3 is 2.66 bits per heavy atom. The summed E-state index contributed by atoms with van der Waals surface area (Å²) in [6.07, 6.45) is 6.33. The number of aliphatic imine (C=N–C) groups is 1. The van der Waals surface area contributed by atoms with Crippen LogP contribution in [0, 0.1) is 11.7 Å². The van der Waals surface area contributed by atoms with Gasteiger partial charge in [-0.3, -0.25) is 4.79 Å². The van der Waals surface area contributed by atoms with Crippen LogP contribution in [0.4, 0.5) is 16.2 Å². The van der Waals surface area contributed by atoms with Gasteiger partial charge in [0.1, 0.15) is 11.7 Å². The Balaban J connectivity index is 1.41. The zero-order chi connectivity index (χ0) is 26.8. The van der Waals surface area contributed by atoms with Crippen molar-refractivity contribution >= 4 is 34.4 Å². The summed E-state index contributed by atoms with van der Waals surface area (Å²) in [5.74, 6) is 2.02. The second-order valence-corrected chi connectivity index (χ2v) is 10.6. The molecule has 204 valence electrons. The van der Waals surface area contributed by atoms with Crippen molar-refractivity contribution in [1.29, 1.82) is 0 Å². The number of benzene rings is 1. The van der Waals surface area contributed by atoms with Crippen molar-refractivity contribution in [2.45, 2.75) is 65.0 Å². The Kier molecular flexibility index (Phi) is 7.78. The number of allylic oxidation sites excluding steroid dienone is 1. The van der Waals surface area contributed by atoms with Crippen LogP contribution in [0.25, 0.3) is 10.9 Å². The molecule has 2 saturated heterocycles. The molecule has 3 aliphatic heterocycles. The summed E-state index contributed by atoms with van der Waals surface area (Å²) in [6.45, 7) is 9.47. The smallest absolute Gasteiger partial charge is 0.240 e. The number of nitrogens with one attached hydrogen (secondary N) is 2. The van der Waals surface area contributed by atoms with E-state index in [1.54, 1.807) is 6.07 Å². The monoisotopic (exact) mass is 523 g/mol. The number of ether oxygens (including phenoxy) is 1.